The average Bonchev–Trinajstić information content (AvgIpc) is 3.18. The van der Waals surface area contributed by atoms with Crippen molar-refractivity contribution in [2.24, 2.45) is 11.8 Å². The lowest BCUT2D eigenvalue weighted by Crippen LogP contribution is -2.48. The molecule has 1 fully saturated rings. The van der Waals surface area contributed by atoms with Gasteiger partial charge in [-0.3, -0.25) is 19.9 Å². The van der Waals surface area contributed by atoms with Crippen LogP contribution in [-0.2, 0) is 30.4 Å². The van der Waals surface area contributed by atoms with Crippen LogP contribution in [0, 0.1) is 11.8 Å². The van der Waals surface area contributed by atoms with Crippen LogP contribution in [0.2, 0.25) is 0 Å². The molecule has 0 saturated heterocycles. The fourth-order valence-electron chi connectivity index (χ4n) is 3.29. The van der Waals surface area contributed by atoms with E-state index in [1.807, 2.05) is 33.8 Å². The van der Waals surface area contributed by atoms with E-state index in [9.17, 15) is 9.59 Å². The molecule has 8 nitrogen and oxygen atoms in total. The van der Waals surface area contributed by atoms with Gasteiger partial charge in [0.2, 0.25) is 0 Å². The predicted molar refractivity (Wildman–Crippen MR) is 127 cm³/mol. The number of aromatic nitrogens is 1. The molecule has 0 spiro atoms. The third kappa shape index (κ3) is 10.0. The van der Waals surface area contributed by atoms with E-state index in [1.165, 1.54) is 6.08 Å². The molecule has 1 amide bonds. The highest BCUT2D eigenvalue weighted by molar-refractivity contribution is 5.90. The van der Waals surface area contributed by atoms with Crippen LogP contribution in [0.3, 0.4) is 0 Å². The molecule has 3 unspecified atom stereocenters. The molecular formula is C25H39N3O5. The minimum absolute atomic E-state index is 0.0275. The third-order valence-corrected chi connectivity index (χ3v) is 5.41. The second-order valence-electron chi connectivity index (χ2n) is 9.73. The van der Waals surface area contributed by atoms with Crippen molar-refractivity contribution in [1.82, 2.24) is 15.8 Å². The lowest BCUT2D eigenvalue weighted by molar-refractivity contribution is -0.180. The summed E-state index contributed by atoms with van der Waals surface area (Å²) in [5.41, 5.74) is 3.09. The lowest BCUT2D eigenvalue weighted by atomic mass is 10.1. The van der Waals surface area contributed by atoms with Gasteiger partial charge < -0.3 is 9.47 Å². The van der Waals surface area contributed by atoms with Crippen molar-refractivity contribution < 1.29 is 23.9 Å². The van der Waals surface area contributed by atoms with Gasteiger partial charge in [-0.25, -0.2) is 10.3 Å². The van der Waals surface area contributed by atoms with E-state index in [0.29, 0.717) is 30.7 Å². The number of amides is 1. The Hall–Kier alpha value is -2.29. The number of carbonyl (C=O) groups is 2. The summed E-state index contributed by atoms with van der Waals surface area (Å²) < 4.78 is 11.1. The molecule has 1 saturated carbocycles. The first-order valence-electron chi connectivity index (χ1n) is 11.7. The van der Waals surface area contributed by atoms with Crippen molar-refractivity contribution in [3.05, 3.63) is 35.7 Å². The van der Waals surface area contributed by atoms with Gasteiger partial charge in [0.05, 0.1) is 12.3 Å². The molecule has 1 heterocycles. The van der Waals surface area contributed by atoms with Gasteiger partial charge in [-0.05, 0) is 69.6 Å². The zero-order chi connectivity index (χ0) is 24.4. The second-order valence-corrected chi connectivity index (χ2v) is 9.73. The summed E-state index contributed by atoms with van der Waals surface area (Å²) in [7, 11) is 0. The van der Waals surface area contributed by atoms with Crippen LogP contribution in [0.1, 0.15) is 72.1 Å². The largest absolute Gasteiger partial charge is 0.461 e. The first kappa shape index (κ1) is 27.0. The van der Waals surface area contributed by atoms with Gasteiger partial charge in [0.15, 0.2) is 6.29 Å². The number of rotatable bonds is 12. The van der Waals surface area contributed by atoms with Crippen molar-refractivity contribution >= 4 is 18.0 Å². The summed E-state index contributed by atoms with van der Waals surface area (Å²) in [6, 6.07) is 3.71. The molecule has 2 rings (SSSR count). The smallest absolute Gasteiger partial charge is 0.326 e. The van der Waals surface area contributed by atoms with Gasteiger partial charge in [-0.2, -0.15) is 0 Å². The highest BCUT2D eigenvalue weighted by Crippen LogP contribution is 2.28. The molecule has 3 atom stereocenters. The van der Waals surface area contributed by atoms with Crippen LogP contribution in [0.25, 0.3) is 6.08 Å². The van der Waals surface area contributed by atoms with Crippen molar-refractivity contribution in [2.75, 3.05) is 6.61 Å². The first-order valence-corrected chi connectivity index (χ1v) is 11.7. The van der Waals surface area contributed by atoms with E-state index >= 15 is 0 Å². The molecule has 0 bridgehead atoms. The zero-order valence-corrected chi connectivity index (χ0v) is 20.7. The summed E-state index contributed by atoms with van der Waals surface area (Å²) in [4.78, 5) is 33.9. The number of carbonyl (C=O) groups excluding carboxylic acids is 2. The van der Waals surface area contributed by atoms with Gasteiger partial charge in [-0.1, -0.05) is 26.8 Å². The van der Waals surface area contributed by atoms with E-state index in [2.05, 4.69) is 22.7 Å². The van der Waals surface area contributed by atoms with Gasteiger partial charge in [0, 0.05) is 18.8 Å². The van der Waals surface area contributed by atoms with Crippen molar-refractivity contribution in [3.8, 4) is 0 Å². The summed E-state index contributed by atoms with van der Waals surface area (Å²) in [5.74, 6) is 0.366. The number of hydrogen-bond donors (Lipinski definition) is 2. The van der Waals surface area contributed by atoms with Crippen LogP contribution in [0.4, 0.5) is 0 Å². The summed E-state index contributed by atoms with van der Waals surface area (Å²) >= 11 is 0. The minimum Gasteiger partial charge on any atom is -0.461 e. The lowest BCUT2D eigenvalue weighted by Gasteiger charge is -2.26. The highest BCUT2D eigenvalue weighted by Gasteiger charge is 2.33. The zero-order valence-electron chi connectivity index (χ0n) is 20.7. The van der Waals surface area contributed by atoms with Gasteiger partial charge >= 0.3 is 5.97 Å². The number of nitrogens with one attached hydrogen (secondary N) is 2. The molecule has 1 aromatic rings. The average molecular weight is 462 g/mol. The number of hydrogen-bond acceptors (Lipinski definition) is 7. The Bertz CT molecular complexity index is 792. The fourth-order valence-corrected chi connectivity index (χ4v) is 3.29. The van der Waals surface area contributed by atoms with Crippen LogP contribution in [0.15, 0.2) is 24.4 Å². The van der Waals surface area contributed by atoms with Gasteiger partial charge in [0.25, 0.3) is 5.91 Å². The summed E-state index contributed by atoms with van der Waals surface area (Å²) in [6.07, 6.45) is 7.14. The monoisotopic (exact) mass is 461 g/mol. The molecule has 184 valence electrons. The minimum atomic E-state index is -0.793. The Morgan fingerprint density at radius 1 is 1.24 bits per heavy atom. The number of esters is 1. The second kappa shape index (κ2) is 12.8. The number of nitrogens with zero attached hydrogens (tertiary/aromatic N) is 1. The van der Waals surface area contributed by atoms with Crippen LogP contribution < -0.4 is 10.8 Å². The van der Waals surface area contributed by atoms with Crippen LogP contribution >= 0.6 is 0 Å². The normalized spacial score (nSPS) is 19.7. The molecule has 33 heavy (non-hydrogen) atoms. The van der Waals surface area contributed by atoms with E-state index in [0.717, 1.165) is 24.8 Å². The van der Waals surface area contributed by atoms with Gasteiger partial charge in [0.1, 0.15) is 11.6 Å². The van der Waals surface area contributed by atoms with E-state index < -0.39 is 17.7 Å². The van der Waals surface area contributed by atoms with Crippen LogP contribution in [-0.4, -0.2) is 41.4 Å². The molecule has 0 radical (unpaired) electrons. The van der Waals surface area contributed by atoms with E-state index in [4.69, 9.17) is 14.3 Å². The quantitative estimate of drug-likeness (QED) is 0.212. The SMILES string of the molecule is CC(C)COC(C)ONC(=O)/C=C/c1ccc(CNC(C)(C)C(=O)OC2CCC(C)C2)cn1. The Morgan fingerprint density at radius 2 is 2.00 bits per heavy atom. The Morgan fingerprint density at radius 3 is 2.61 bits per heavy atom. The van der Waals surface area contributed by atoms with Crippen molar-refractivity contribution in [2.45, 2.75) is 85.3 Å². The molecule has 1 aliphatic carbocycles. The standard InChI is InChI=1S/C25H39N3O5/c1-17(2)16-31-19(4)33-28-23(29)12-10-21-9-8-20(14-26-21)15-27-25(5,6)24(30)32-22-11-7-18(3)13-22/h8-10,12,14,17-19,22,27H,7,11,13,15-16H2,1-6H3,(H,28,29)/b12-10+. The molecule has 2 N–H and O–H groups in total. The summed E-state index contributed by atoms with van der Waals surface area (Å²) in [6.45, 7) is 12.7. The number of hydroxylamine groups is 1. The van der Waals surface area contributed by atoms with Crippen molar-refractivity contribution in [1.29, 1.82) is 0 Å². The maximum Gasteiger partial charge on any atom is 0.326 e. The third-order valence-electron chi connectivity index (χ3n) is 5.41. The molecule has 0 aromatic carbocycles. The topological polar surface area (TPSA) is 98.8 Å². The molecule has 8 heteroatoms. The number of ether oxygens (including phenoxy) is 2. The Balaban J connectivity index is 1.75. The molecular weight excluding hydrogens is 422 g/mol. The van der Waals surface area contributed by atoms with E-state index in [-0.39, 0.29) is 12.1 Å². The predicted octanol–water partition coefficient (Wildman–Crippen LogP) is 3.76. The van der Waals surface area contributed by atoms with Gasteiger partial charge in [-0.15, -0.1) is 0 Å². The summed E-state index contributed by atoms with van der Waals surface area (Å²) in [5, 5.41) is 3.25. The van der Waals surface area contributed by atoms with E-state index in [1.54, 1.807) is 25.3 Å². The number of pyridine rings is 1. The maximum atomic E-state index is 12.5. The molecule has 1 aliphatic rings. The first-order chi connectivity index (χ1) is 15.5. The fraction of sp³-hybridized carbons (Fsp3) is 0.640. The van der Waals surface area contributed by atoms with Crippen molar-refractivity contribution in [3.63, 3.8) is 0 Å². The Kier molecular flexibility index (Phi) is 10.5. The van der Waals surface area contributed by atoms with Crippen LogP contribution in [0.5, 0.6) is 0 Å². The molecule has 0 aliphatic heterocycles. The molecule has 1 aromatic heterocycles. The maximum absolute atomic E-state index is 12.5. The Labute approximate surface area is 197 Å². The highest BCUT2D eigenvalue weighted by atomic mass is 16.8.